The molecule has 2 N–H and O–H groups in total. The second-order valence-electron chi connectivity index (χ2n) is 5.17. The van der Waals surface area contributed by atoms with Crippen LogP contribution < -0.4 is 5.32 Å². The molecule has 0 amide bonds. The smallest absolute Gasteiger partial charge is 0.0660 e. The van der Waals surface area contributed by atoms with E-state index in [2.05, 4.69) is 29.6 Å². The van der Waals surface area contributed by atoms with Gasteiger partial charge in [0, 0.05) is 0 Å². The Hall–Kier alpha value is -0.860. The van der Waals surface area contributed by atoms with Gasteiger partial charge in [-0.05, 0) is 57.2 Å². The van der Waals surface area contributed by atoms with Crippen LogP contribution in [0.4, 0.5) is 0 Å². The molecule has 1 aliphatic heterocycles. The van der Waals surface area contributed by atoms with Gasteiger partial charge in [0.25, 0.3) is 0 Å². The molecule has 1 aromatic rings. The van der Waals surface area contributed by atoms with Gasteiger partial charge in [-0.15, -0.1) is 0 Å². The molecule has 0 aromatic heterocycles. The number of benzene rings is 1. The molecule has 2 heteroatoms. The molecule has 1 aromatic carbocycles. The van der Waals surface area contributed by atoms with Gasteiger partial charge in [-0.25, -0.2) is 0 Å². The van der Waals surface area contributed by atoms with Crippen LogP contribution >= 0.6 is 0 Å². The van der Waals surface area contributed by atoms with Gasteiger partial charge < -0.3 is 10.4 Å². The maximum absolute atomic E-state index is 10.5. The summed E-state index contributed by atoms with van der Waals surface area (Å²) >= 11 is 0. The Labute approximate surface area is 104 Å². The molecule has 1 aliphatic rings. The summed E-state index contributed by atoms with van der Waals surface area (Å²) in [4.78, 5) is 0. The Morgan fingerprint density at radius 1 is 1.12 bits per heavy atom. The van der Waals surface area contributed by atoms with Crippen LogP contribution in [0.15, 0.2) is 30.3 Å². The first-order chi connectivity index (χ1) is 8.29. The fourth-order valence-corrected chi connectivity index (χ4v) is 2.63. The summed E-state index contributed by atoms with van der Waals surface area (Å²) in [7, 11) is 0. The molecule has 1 fully saturated rings. The van der Waals surface area contributed by atoms with E-state index in [-0.39, 0.29) is 0 Å². The van der Waals surface area contributed by atoms with Crippen molar-refractivity contribution in [1.82, 2.24) is 5.32 Å². The van der Waals surface area contributed by atoms with E-state index in [0.717, 1.165) is 51.6 Å². The number of nitrogens with one attached hydrogen (secondary N) is 1. The highest BCUT2D eigenvalue weighted by Gasteiger charge is 2.26. The third-order valence-electron chi connectivity index (χ3n) is 3.71. The van der Waals surface area contributed by atoms with Crippen molar-refractivity contribution in [2.45, 2.75) is 44.1 Å². The predicted octanol–water partition coefficient (Wildman–Crippen LogP) is 2.51. The molecule has 2 nitrogen and oxygen atoms in total. The van der Waals surface area contributed by atoms with E-state index in [0.29, 0.717) is 0 Å². The van der Waals surface area contributed by atoms with Gasteiger partial charge in [0.15, 0.2) is 0 Å². The minimum absolute atomic E-state index is 0.418. The summed E-state index contributed by atoms with van der Waals surface area (Å²) in [6.07, 6.45) is 6.05. The summed E-state index contributed by atoms with van der Waals surface area (Å²) in [5, 5.41) is 13.8. The first-order valence-electron chi connectivity index (χ1n) is 6.76. The molecule has 1 atom stereocenters. The van der Waals surface area contributed by atoms with Crippen molar-refractivity contribution in [3.8, 4) is 0 Å². The van der Waals surface area contributed by atoms with Gasteiger partial charge in [0.05, 0.1) is 5.60 Å². The Bertz CT molecular complexity index is 315. The Morgan fingerprint density at radius 2 is 1.94 bits per heavy atom. The van der Waals surface area contributed by atoms with Crippen molar-refractivity contribution in [3.63, 3.8) is 0 Å². The Balaban J connectivity index is 1.77. The minimum Gasteiger partial charge on any atom is -0.390 e. The van der Waals surface area contributed by atoms with Crippen LogP contribution in [0.25, 0.3) is 0 Å². The van der Waals surface area contributed by atoms with Crippen LogP contribution in [0.2, 0.25) is 0 Å². The number of rotatable bonds is 4. The van der Waals surface area contributed by atoms with Gasteiger partial charge in [-0.2, -0.15) is 0 Å². The van der Waals surface area contributed by atoms with Crippen LogP contribution in [0.1, 0.15) is 37.7 Å². The molecular weight excluding hydrogens is 210 g/mol. The molecule has 2 rings (SSSR count). The fourth-order valence-electron chi connectivity index (χ4n) is 2.63. The molecular formula is C15H23NO. The number of hydrogen-bond donors (Lipinski definition) is 2. The van der Waals surface area contributed by atoms with Gasteiger partial charge in [-0.3, -0.25) is 0 Å². The summed E-state index contributed by atoms with van der Waals surface area (Å²) in [5.74, 6) is 0. The first kappa shape index (κ1) is 12.6. The molecule has 0 radical (unpaired) electrons. The van der Waals surface area contributed by atoms with E-state index in [4.69, 9.17) is 0 Å². The zero-order chi connectivity index (χ0) is 12.0. The molecule has 0 bridgehead atoms. The van der Waals surface area contributed by atoms with Crippen LogP contribution in [0.5, 0.6) is 0 Å². The van der Waals surface area contributed by atoms with Crippen molar-refractivity contribution in [3.05, 3.63) is 35.9 Å². The second-order valence-corrected chi connectivity index (χ2v) is 5.17. The third-order valence-corrected chi connectivity index (χ3v) is 3.71. The van der Waals surface area contributed by atoms with Gasteiger partial charge in [0.1, 0.15) is 0 Å². The number of hydrogen-bond acceptors (Lipinski definition) is 2. The lowest BCUT2D eigenvalue weighted by atomic mass is 9.88. The lowest BCUT2D eigenvalue weighted by Gasteiger charge is -2.26. The summed E-state index contributed by atoms with van der Waals surface area (Å²) < 4.78 is 0. The zero-order valence-corrected chi connectivity index (χ0v) is 10.5. The SMILES string of the molecule is OC1(CCCc2ccccc2)CCCNCC1. The molecule has 0 spiro atoms. The van der Waals surface area contributed by atoms with E-state index in [1.165, 1.54) is 5.56 Å². The first-order valence-corrected chi connectivity index (χ1v) is 6.76. The highest BCUT2D eigenvalue weighted by Crippen LogP contribution is 2.25. The molecule has 0 saturated carbocycles. The van der Waals surface area contributed by atoms with Crippen molar-refractivity contribution < 1.29 is 5.11 Å². The summed E-state index contributed by atoms with van der Waals surface area (Å²) in [6, 6.07) is 10.5. The molecule has 94 valence electrons. The van der Waals surface area contributed by atoms with Gasteiger partial charge in [-0.1, -0.05) is 30.3 Å². The van der Waals surface area contributed by atoms with Gasteiger partial charge >= 0.3 is 0 Å². The summed E-state index contributed by atoms with van der Waals surface area (Å²) in [5.41, 5.74) is 0.959. The lowest BCUT2D eigenvalue weighted by Crippen LogP contribution is -2.29. The lowest BCUT2D eigenvalue weighted by molar-refractivity contribution is 0.0178. The van der Waals surface area contributed by atoms with Crippen LogP contribution in [-0.4, -0.2) is 23.8 Å². The predicted molar refractivity (Wildman–Crippen MR) is 71.1 cm³/mol. The summed E-state index contributed by atoms with van der Waals surface area (Å²) in [6.45, 7) is 2.02. The van der Waals surface area contributed by atoms with Crippen LogP contribution in [0, 0.1) is 0 Å². The fraction of sp³-hybridized carbons (Fsp3) is 0.600. The normalized spacial score (nSPS) is 25.5. The molecule has 17 heavy (non-hydrogen) atoms. The van der Waals surface area contributed by atoms with Crippen molar-refractivity contribution >= 4 is 0 Å². The highest BCUT2D eigenvalue weighted by molar-refractivity contribution is 5.14. The average Bonchev–Trinajstić information content (AvgIpc) is 2.56. The van der Waals surface area contributed by atoms with Gasteiger partial charge in [0.2, 0.25) is 0 Å². The van der Waals surface area contributed by atoms with Crippen molar-refractivity contribution in [1.29, 1.82) is 0 Å². The van der Waals surface area contributed by atoms with E-state index < -0.39 is 5.60 Å². The average molecular weight is 233 g/mol. The largest absolute Gasteiger partial charge is 0.390 e. The number of aliphatic hydroxyl groups is 1. The second kappa shape index (κ2) is 6.18. The zero-order valence-electron chi connectivity index (χ0n) is 10.5. The Kier molecular flexibility index (Phi) is 4.57. The third kappa shape index (κ3) is 4.14. The topological polar surface area (TPSA) is 32.3 Å². The number of aryl methyl sites for hydroxylation is 1. The molecule has 1 unspecified atom stereocenters. The standard InChI is InChI=1S/C15H23NO/c17-15(10-5-12-16-13-11-15)9-4-8-14-6-2-1-3-7-14/h1-3,6-7,16-17H,4-5,8-13H2. The molecule has 1 heterocycles. The maximum atomic E-state index is 10.5. The monoisotopic (exact) mass is 233 g/mol. The Morgan fingerprint density at radius 3 is 2.76 bits per heavy atom. The van der Waals surface area contributed by atoms with E-state index >= 15 is 0 Å². The van der Waals surface area contributed by atoms with E-state index in [1.807, 2.05) is 6.07 Å². The van der Waals surface area contributed by atoms with Crippen molar-refractivity contribution in [2.24, 2.45) is 0 Å². The van der Waals surface area contributed by atoms with Crippen LogP contribution in [0.3, 0.4) is 0 Å². The molecule has 0 aliphatic carbocycles. The van der Waals surface area contributed by atoms with E-state index in [1.54, 1.807) is 0 Å². The van der Waals surface area contributed by atoms with E-state index in [9.17, 15) is 5.11 Å². The van der Waals surface area contributed by atoms with Crippen molar-refractivity contribution in [2.75, 3.05) is 13.1 Å². The minimum atomic E-state index is -0.418. The van der Waals surface area contributed by atoms with Crippen LogP contribution in [-0.2, 0) is 6.42 Å². The molecule has 1 saturated heterocycles. The highest BCUT2D eigenvalue weighted by atomic mass is 16.3. The maximum Gasteiger partial charge on any atom is 0.0660 e. The quantitative estimate of drug-likeness (QED) is 0.837.